The summed E-state index contributed by atoms with van der Waals surface area (Å²) in [6.07, 6.45) is 3.65. The van der Waals surface area contributed by atoms with E-state index in [2.05, 4.69) is 39.8 Å². The quantitative estimate of drug-likeness (QED) is 0.553. The third kappa shape index (κ3) is 5.46. The predicted molar refractivity (Wildman–Crippen MR) is 85.2 cm³/mol. The van der Waals surface area contributed by atoms with E-state index in [0.29, 0.717) is 36.5 Å². The topological polar surface area (TPSA) is 56.1 Å². The van der Waals surface area contributed by atoms with E-state index in [0.717, 1.165) is 18.4 Å². The molecule has 20 heavy (non-hydrogen) atoms. The molecule has 1 N–H and O–H groups in total. The molecule has 0 amide bonds. The van der Waals surface area contributed by atoms with Gasteiger partial charge in [-0.3, -0.25) is 4.79 Å². The van der Waals surface area contributed by atoms with Gasteiger partial charge in [-0.25, -0.2) is 4.68 Å². The van der Waals surface area contributed by atoms with Gasteiger partial charge in [-0.05, 0) is 29.3 Å². The molecule has 5 nitrogen and oxygen atoms in total. The molecule has 0 saturated heterocycles. The van der Waals surface area contributed by atoms with Gasteiger partial charge < -0.3 is 10.1 Å². The number of rotatable bonds is 9. The fraction of sp³-hybridized carbons (Fsp3) is 0.571. The summed E-state index contributed by atoms with van der Waals surface area (Å²) in [5, 5.41) is 7.29. The van der Waals surface area contributed by atoms with Crippen LogP contribution in [0.4, 0.5) is 5.69 Å². The van der Waals surface area contributed by atoms with Gasteiger partial charge in [-0.15, -0.1) is 0 Å². The van der Waals surface area contributed by atoms with E-state index in [1.54, 1.807) is 6.20 Å². The Morgan fingerprint density at radius 3 is 3.00 bits per heavy atom. The SMILES string of the molecule is C=C(C)COCCNc1cnn(CCCC)c(=O)c1Br. The van der Waals surface area contributed by atoms with Crippen molar-refractivity contribution in [3.63, 3.8) is 0 Å². The maximum atomic E-state index is 12.0. The van der Waals surface area contributed by atoms with Crippen molar-refractivity contribution in [3.05, 3.63) is 33.2 Å². The Morgan fingerprint density at radius 2 is 2.35 bits per heavy atom. The molecule has 0 spiro atoms. The summed E-state index contributed by atoms with van der Waals surface area (Å²) in [4.78, 5) is 12.0. The highest BCUT2D eigenvalue weighted by atomic mass is 79.9. The lowest BCUT2D eigenvalue weighted by molar-refractivity contribution is 0.167. The van der Waals surface area contributed by atoms with Crippen LogP contribution in [0.2, 0.25) is 0 Å². The molecule has 0 aliphatic rings. The molecule has 0 unspecified atom stereocenters. The van der Waals surface area contributed by atoms with Crippen LogP contribution < -0.4 is 10.9 Å². The lowest BCUT2D eigenvalue weighted by Gasteiger charge is -2.10. The molecular weight excluding hydrogens is 322 g/mol. The Bertz CT molecular complexity index is 500. The molecule has 0 fully saturated rings. The Balaban J connectivity index is 2.53. The summed E-state index contributed by atoms with van der Waals surface area (Å²) in [7, 11) is 0. The summed E-state index contributed by atoms with van der Waals surface area (Å²) in [6.45, 7) is 10.1. The van der Waals surface area contributed by atoms with E-state index in [9.17, 15) is 4.79 Å². The molecule has 0 saturated carbocycles. The van der Waals surface area contributed by atoms with Gasteiger partial charge in [-0.1, -0.05) is 25.5 Å². The van der Waals surface area contributed by atoms with Gasteiger partial charge in [0.2, 0.25) is 0 Å². The first kappa shape index (κ1) is 16.9. The van der Waals surface area contributed by atoms with Crippen molar-refractivity contribution in [1.82, 2.24) is 9.78 Å². The van der Waals surface area contributed by atoms with E-state index < -0.39 is 0 Å². The molecule has 6 heteroatoms. The molecule has 112 valence electrons. The Kier molecular flexibility index (Phi) is 7.54. The van der Waals surface area contributed by atoms with Gasteiger partial charge in [0.05, 0.1) is 25.1 Å². The molecule has 1 aromatic heterocycles. The minimum atomic E-state index is -0.105. The number of aromatic nitrogens is 2. The lowest BCUT2D eigenvalue weighted by atomic mass is 10.3. The van der Waals surface area contributed by atoms with E-state index in [1.807, 2.05) is 6.92 Å². The zero-order chi connectivity index (χ0) is 15.0. The van der Waals surface area contributed by atoms with Crippen molar-refractivity contribution in [3.8, 4) is 0 Å². The third-order valence-electron chi connectivity index (χ3n) is 2.62. The number of hydrogen-bond acceptors (Lipinski definition) is 4. The normalized spacial score (nSPS) is 10.6. The maximum Gasteiger partial charge on any atom is 0.283 e. The van der Waals surface area contributed by atoms with Crippen molar-refractivity contribution in [2.24, 2.45) is 0 Å². The summed E-state index contributed by atoms with van der Waals surface area (Å²) in [5.41, 5.74) is 1.58. The first-order valence-corrected chi connectivity index (χ1v) is 7.57. The summed E-state index contributed by atoms with van der Waals surface area (Å²) in [5.74, 6) is 0. The molecule has 0 aliphatic carbocycles. The van der Waals surface area contributed by atoms with E-state index in [4.69, 9.17) is 4.74 Å². The number of halogens is 1. The minimum absolute atomic E-state index is 0.105. The molecule has 1 rings (SSSR count). The standard InChI is InChI=1S/C14H22BrN3O2/c1-4-5-7-18-14(19)13(15)12(9-17-18)16-6-8-20-10-11(2)3/h9,16H,2,4-8,10H2,1,3H3. The Labute approximate surface area is 128 Å². The summed E-state index contributed by atoms with van der Waals surface area (Å²) in [6, 6.07) is 0. The van der Waals surface area contributed by atoms with Crippen LogP contribution in [0.1, 0.15) is 26.7 Å². The fourth-order valence-electron chi connectivity index (χ4n) is 1.56. The van der Waals surface area contributed by atoms with Crippen LogP contribution in [0.25, 0.3) is 0 Å². The molecule has 1 heterocycles. The highest BCUT2D eigenvalue weighted by Crippen LogP contribution is 2.15. The Hall–Kier alpha value is -1.14. The number of nitrogens with zero attached hydrogens (tertiary/aromatic N) is 2. The van der Waals surface area contributed by atoms with E-state index >= 15 is 0 Å². The van der Waals surface area contributed by atoms with Crippen LogP contribution in [-0.4, -0.2) is 29.5 Å². The smallest absolute Gasteiger partial charge is 0.283 e. The lowest BCUT2D eigenvalue weighted by Crippen LogP contribution is -2.25. The number of nitrogens with one attached hydrogen (secondary N) is 1. The first-order valence-electron chi connectivity index (χ1n) is 6.77. The second kappa shape index (κ2) is 8.92. The van der Waals surface area contributed by atoms with Crippen LogP contribution >= 0.6 is 15.9 Å². The second-order valence-electron chi connectivity index (χ2n) is 4.69. The average molecular weight is 344 g/mol. The highest BCUT2D eigenvalue weighted by Gasteiger charge is 2.07. The van der Waals surface area contributed by atoms with Gasteiger partial charge in [0.15, 0.2) is 0 Å². The zero-order valence-corrected chi connectivity index (χ0v) is 13.7. The third-order valence-corrected chi connectivity index (χ3v) is 3.39. The fourth-order valence-corrected chi connectivity index (χ4v) is 2.01. The van der Waals surface area contributed by atoms with Crippen LogP contribution in [-0.2, 0) is 11.3 Å². The van der Waals surface area contributed by atoms with Gasteiger partial charge in [-0.2, -0.15) is 5.10 Å². The molecular formula is C14H22BrN3O2. The van der Waals surface area contributed by atoms with Gasteiger partial charge >= 0.3 is 0 Å². The molecule has 0 radical (unpaired) electrons. The average Bonchev–Trinajstić information content (AvgIpc) is 2.41. The van der Waals surface area contributed by atoms with Crippen LogP contribution in [0.3, 0.4) is 0 Å². The zero-order valence-electron chi connectivity index (χ0n) is 12.1. The van der Waals surface area contributed by atoms with Crippen molar-refractivity contribution in [1.29, 1.82) is 0 Å². The number of unbranched alkanes of at least 4 members (excludes halogenated alkanes) is 1. The van der Waals surface area contributed by atoms with Crippen LogP contribution in [0, 0.1) is 0 Å². The van der Waals surface area contributed by atoms with Crippen LogP contribution in [0.5, 0.6) is 0 Å². The largest absolute Gasteiger partial charge is 0.380 e. The first-order chi connectivity index (χ1) is 9.56. The summed E-state index contributed by atoms with van der Waals surface area (Å²) >= 11 is 3.32. The summed E-state index contributed by atoms with van der Waals surface area (Å²) < 4.78 is 7.38. The van der Waals surface area contributed by atoms with Crippen molar-refractivity contribution in [2.45, 2.75) is 33.2 Å². The maximum absolute atomic E-state index is 12.0. The van der Waals surface area contributed by atoms with Crippen molar-refractivity contribution in [2.75, 3.05) is 25.1 Å². The van der Waals surface area contributed by atoms with Crippen molar-refractivity contribution < 1.29 is 4.74 Å². The Morgan fingerprint density at radius 1 is 1.60 bits per heavy atom. The highest BCUT2D eigenvalue weighted by molar-refractivity contribution is 9.10. The number of anilines is 1. The monoisotopic (exact) mass is 343 g/mol. The van der Waals surface area contributed by atoms with Crippen molar-refractivity contribution >= 4 is 21.6 Å². The van der Waals surface area contributed by atoms with Crippen LogP contribution in [0.15, 0.2) is 27.6 Å². The van der Waals surface area contributed by atoms with Gasteiger partial charge in [0.25, 0.3) is 5.56 Å². The minimum Gasteiger partial charge on any atom is -0.380 e. The second-order valence-corrected chi connectivity index (χ2v) is 5.48. The van der Waals surface area contributed by atoms with Gasteiger partial charge in [0.1, 0.15) is 4.47 Å². The van der Waals surface area contributed by atoms with Gasteiger partial charge in [0, 0.05) is 13.1 Å². The van der Waals surface area contributed by atoms with E-state index in [1.165, 1.54) is 4.68 Å². The number of ether oxygens (including phenoxy) is 1. The number of aryl methyl sites for hydroxylation is 1. The molecule has 1 aromatic rings. The predicted octanol–water partition coefficient (Wildman–Crippen LogP) is 2.81. The molecule has 0 aromatic carbocycles. The number of hydrogen-bond donors (Lipinski definition) is 1. The molecule has 0 aliphatic heterocycles. The molecule has 0 atom stereocenters. The molecule has 0 bridgehead atoms. The van der Waals surface area contributed by atoms with E-state index in [-0.39, 0.29) is 5.56 Å².